The van der Waals surface area contributed by atoms with Crippen LogP contribution in [0, 0.1) is 0 Å². The van der Waals surface area contributed by atoms with E-state index in [-0.39, 0.29) is 17.3 Å². The van der Waals surface area contributed by atoms with Gasteiger partial charge in [-0.2, -0.15) is 0 Å². The number of nitrogens with one attached hydrogen (secondary N) is 3. The maximum absolute atomic E-state index is 13.4. The van der Waals surface area contributed by atoms with Crippen molar-refractivity contribution in [3.63, 3.8) is 0 Å². The molecule has 0 saturated heterocycles. The third-order valence-electron chi connectivity index (χ3n) is 5.95. The van der Waals surface area contributed by atoms with Gasteiger partial charge in [0.2, 0.25) is 11.0 Å². The number of thioether (sulfide) groups is 1. The second-order valence-corrected chi connectivity index (χ2v) is 9.50. The Morgan fingerprint density at radius 1 is 0.816 bits per heavy atom. The minimum Gasteiger partial charge on any atom is -0.467 e. The molecule has 38 heavy (non-hydrogen) atoms. The topological polar surface area (TPSA) is 117 Å². The number of carbonyl (C=O) groups is 4. The lowest BCUT2D eigenvalue weighted by Gasteiger charge is -2.22. The normalized spacial score (nSPS) is 12.3. The zero-order valence-electron chi connectivity index (χ0n) is 20.7. The van der Waals surface area contributed by atoms with Gasteiger partial charge in [0.1, 0.15) is 12.1 Å². The van der Waals surface area contributed by atoms with E-state index in [9.17, 15) is 19.2 Å². The standard InChI is InChI=1S/C29H27N3O5S/c1-37-28(35)24(16-21-17-30-23-15-9-8-14-22(21)23)31-27(34)25(32-26(33)19-10-4-2-5-11-19)18-38-29(36)20-12-6-3-7-13-20/h2-15,17,24-25,30H,16,18H2,1H3,(H,31,34)(H,32,33)/t24-,25-/m0/s1. The van der Waals surface area contributed by atoms with Crippen LogP contribution >= 0.6 is 11.8 Å². The molecule has 0 radical (unpaired) electrons. The number of aromatic nitrogens is 1. The second kappa shape index (κ2) is 12.7. The lowest BCUT2D eigenvalue weighted by atomic mass is 10.0. The average molecular weight is 530 g/mol. The van der Waals surface area contributed by atoms with Crippen molar-refractivity contribution < 1.29 is 23.9 Å². The molecular weight excluding hydrogens is 502 g/mol. The van der Waals surface area contributed by atoms with Gasteiger partial charge in [0.15, 0.2) is 0 Å². The molecule has 0 saturated carbocycles. The Labute approximate surface area is 224 Å². The quantitative estimate of drug-likeness (QED) is 0.270. The van der Waals surface area contributed by atoms with Crippen LogP contribution in [-0.2, 0) is 20.7 Å². The summed E-state index contributed by atoms with van der Waals surface area (Å²) in [4.78, 5) is 54.8. The van der Waals surface area contributed by atoms with Crippen molar-refractivity contribution in [1.82, 2.24) is 15.6 Å². The van der Waals surface area contributed by atoms with Gasteiger partial charge in [-0.25, -0.2) is 4.79 Å². The van der Waals surface area contributed by atoms with Crippen molar-refractivity contribution in [2.75, 3.05) is 12.9 Å². The van der Waals surface area contributed by atoms with Crippen molar-refractivity contribution in [2.45, 2.75) is 18.5 Å². The summed E-state index contributed by atoms with van der Waals surface area (Å²) in [7, 11) is 1.25. The molecule has 194 valence electrons. The van der Waals surface area contributed by atoms with E-state index in [1.807, 2.05) is 24.3 Å². The van der Waals surface area contributed by atoms with E-state index >= 15 is 0 Å². The van der Waals surface area contributed by atoms with E-state index in [1.54, 1.807) is 66.9 Å². The Hall–Kier alpha value is -4.37. The molecule has 2 amide bonds. The molecule has 0 fully saturated rings. The molecule has 0 aliphatic carbocycles. The van der Waals surface area contributed by atoms with Gasteiger partial charge in [-0.1, -0.05) is 78.5 Å². The highest BCUT2D eigenvalue weighted by molar-refractivity contribution is 8.14. The lowest BCUT2D eigenvalue weighted by Crippen LogP contribution is -2.53. The first-order valence-electron chi connectivity index (χ1n) is 12.0. The van der Waals surface area contributed by atoms with Crippen LogP contribution in [0.5, 0.6) is 0 Å². The van der Waals surface area contributed by atoms with E-state index in [2.05, 4.69) is 15.6 Å². The largest absolute Gasteiger partial charge is 0.467 e. The number of hydrogen-bond donors (Lipinski definition) is 3. The highest BCUT2D eigenvalue weighted by Crippen LogP contribution is 2.20. The highest BCUT2D eigenvalue weighted by Gasteiger charge is 2.29. The van der Waals surface area contributed by atoms with Gasteiger partial charge in [-0.3, -0.25) is 14.4 Å². The van der Waals surface area contributed by atoms with Crippen molar-refractivity contribution in [3.8, 4) is 0 Å². The number of hydrogen-bond acceptors (Lipinski definition) is 6. The van der Waals surface area contributed by atoms with Gasteiger partial charge in [-0.05, 0) is 23.8 Å². The average Bonchev–Trinajstić information content (AvgIpc) is 3.37. The number of carbonyl (C=O) groups excluding carboxylic acids is 4. The molecule has 4 rings (SSSR count). The van der Waals surface area contributed by atoms with Crippen LogP contribution < -0.4 is 10.6 Å². The molecule has 0 aliphatic heterocycles. The summed E-state index contributed by atoms with van der Waals surface area (Å²) in [6.07, 6.45) is 1.97. The van der Waals surface area contributed by atoms with E-state index < -0.39 is 29.9 Å². The van der Waals surface area contributed by atoms with Gasteiger partial charge in [-0.15, -0.1) is 0 Å². The summed E-state index contributed by atoms with van der Waals surface area (Å²) in [5, 5.41) is 6.12. The summed E-state index contributed by atoms with van der Waals surface area (Å²) >= 11 is 0.916. The number of H-pyrrole nitrogens is 1. The van der Waals surface area contributed by atoms with Gasteiger partial charge in [0.25, 0.3) is 5.91 Å². The zero-order chi connectivity index (χ0) is 26.9. The van der Waals surface area contributed by atoms with Gasteiger partial charge in [0, 0.05) is 40.4 Å². The Balaban J connectivity index is 1.52. The van der Waals surface area contributed by atoms with Crippen LogP contribution in [0.25, 0.3) is 10.9 Å². The molecule has 2 atom stereocenters. The fourth-order valence-electron chi connectivity index (χ4n) is 3.96. The number of para-hydroxylation sites is 1. The summed E-state index contributed by atoms with van der Waals surface area (Å²) < 4.78 is 4.95. The maximum Gasteiger partial charge on any atom is 0.328 e. The summed E-state index contributed by atoms with van der Waals surface area (Å²) in [5.41, 5.74) is 2.59. The number of aromatic amines is 1. The first kappa shape index (κ1) is 26.7. The van der Waals surface area contributed by atoms with Crippen LogP contribution in [0.1, 0.15) is 26.3 Å². The molecule has 0 bridgehead atoms. The first-order valence-corrected chi connectivity index (χ1v) is 13.0. The highest BCUT2D eigenvalue weighted by atomic mass is 32.2. The molecule has 9 heteroatoms. The molecule has 8 nitrogen and oxygen atoms in total. The van der Waals surface area contributed by atoms with Crippen LogP contribution in [0.4, 0.5) is 0 Å². The predicted octanol–water partition coefficient (Wildman–Crippen LogP) is 3.74. The molecule has 3 N–H and O–H groups in total. The van der Waals surface area contributed by atoms with Gasteiger partial charge >= 0.3 is 5.97 Å². The van der Waals surface area contributed by atoms with Gasteiger partial charge < -0.3 is 20.4 Å². The second-order valence-electron chi connectivity index (χ2n) is 8.50. The van der Waals surface area contributed by atoms with Crippen molar-refractivity contribution in [3.05, 3.63) is 108 Å². The first-order chi connectivity index (χ1) is 18.5. The minimum absolute atomic E-state index is 0.0287. The number of esters is 1. The number of ether oxygens (including phenoxy) is 1. The summed E-state index contributed by atoms with van der Waals surface area (Å²) in [6.45, 7) is 0. The lowest BCUT2D eigenvalue weighted by molar-refractivity contribution is -0.145. The summed E-state index contributed by atoms with van der Waals surface area (Å²) in [6, 6.07) is 22.7. The van der Waals surface area contributed by atoms with Crippen LogP contribution in [0.15, 0.2) is 91.1 Å². The Bertz CT molecular complexity index is 1420. The van der Waals surface area contributed by atoms with Crippen molar-refractivity contribution >= 4 is 45.6 Å². The predicted molar refractivity (Wildman–Crippen MR) is 147 cm³/mol. The molecule has 0 unspecified atom stereocenters. The number of rotatable bonds is 10. The molecule has 0 spiro atoms. The third-order valence-corrected chi connectivity index (χ3v) is 6.95. The smallest absolute Gasteiger partial charge is 0.328 e. The van der Waals surface area contributed by atoms with E-state index in [0.717, 1.165) is 28.2 Å². The molecule has 3 aromatic carbocycles. The zero-order valence-corrected chi connectivity index (χ0v) is 21.5. The van der Waals surface area contributed by atoms with E-state index in [4.69, 9.17) is 4.74 Å². The Morgan fingerprint density at radius 3 is 2.13 bits per heavy atom. The van der Waals surface area contributed by atoms with E-state index in [1.165, 1.54) is 7.11 Å². The number of methoxy groups -OCH3 is 1. The van der Waals surface area contributed by atoms with Crippen molar-refractivity contribution in [1.29, 1.82) is 0 Å². The van der Waals surface area contributed by atoms with Crippen LogP contribution in [0.2, 0.25) is 0 Å². The third kappa shape index (κ3) is 6.68. The van der Waals surface area contributed by atoms with Crippen molar-refractivity contribution in [2.24, 2.45) is 0 Å². The number of amides is 2. The van der Waals surface area contributed by atoms with Gasteiger partial charge in [0.05, 0.1) is 7.11 Å². The molecule has 0 aliphatic rings. The maximum atomic E-state index is 13.4. The number of fused-ring (bicyclic) bond motifs is 1. The molecule has 1 heterocycles. The fourth-order valence-corrected chi connectivity index (χ4v) is 4.81. The number of benzene rings is 3. The molecular formula is C29H27N3O5S. The fraction of sp³-hybridized carbons (Fsp3) is 0.172. The van der Waals surface area contributed by atoms with Crippen LogP contribution in [0.3, 0.4) is 0 Å². The Morgan fingerprint density at radius 2 is 1.45 bits per heavy atom. The Kier molecular flexibility index (Phi) is 8.94. The molecule has 4 aromatic rings. The minimum atomic E-state index is -1.09. The molecule has 1 aromatic heterocycles. The van der Waals surface area contributed by atoms with Crippen LogP contribution in [-0.4, -0.2) is 52.8 Å². The SMILES string of the molecule is COC(=O)[C@H](Cc1c[nH]c2ccccc12)NC(=O)[C@H](CSC(=O)c1ccccc1)NC(=O)c1ccccc1. The van der Waals surface area contributed by atoms with E-state index in [0.29, 0.717) is 11.1 Å². The summed E-state index contributed by atoms with van der Waals surface area (Å²) in [5.74, 6) is -1.72. The monoisotopic (exact) mass is 529 g/mol.